The third-order valence-electron chi connectivity index (χ3n) is 5.10. The molecule has 0 saturated carbocycles. The van der Waals surface area contributed by atoms with Crippen LogP contribution in [0.15, 0.2) is 71.6 Å². The van der Waals surface area contributed by atoms with E-state index >= 15 is 0 Å². The highest BCUT2D eigenvalue weighted by molar-refractivity contribution is 7.99. The number of aliphatic carboxylic acids is 2. The molecule has 5 nitrogen and oxygen atoms in total. The first-order chi connectivity index (χ1) is 14.8. The van der Waals surface area contributed by atoms with Gasteiger partial charge in [-0.3, -0.25) is 0 Å². The zero-order chi connectivity index (χ0) is 22.7. The number of unbranched alkanes of at least 4 members (excludes halogenated alkanes) is 2. The number of carbonyl (C=O) groups is 2. The van der Waals surface area contributed by atoms with Crippen LogP contribution in [0, 0.1) is 0 Å². The van der Waals surface area contributed by atoms with E-state index in [1.807, 2.05) is 11.8 Å². The number of hydrogen-bond donors (Lipinski definition) is 3. The van der Waals surface area contributed by atoms with Crippen LogP contribution in [0.2, 0.25) is 0 Å². The Labute approximate surface area is 188 Å². The van der Waals surface area contributed by atoms with Gasteiger partial charge < -0.3 is 15.5 Å². The van der Waals surface area contributed by atoms with Crippen LogP contribution < -0.4 is 5.32 Å². The van der Waals surface area contributed by atoms with Gasteiger partial charge in [0.2, 0.25) is 0 Å². The minimum atomic E-state index is -1.26. The maximum atomic E-state index is 9.55. The second kappa shape index (κ2) is 12.3. The maximum absolute atomic E-state index is 9.55. The molecule has 0 bridgehead atoms. The molecule has 1 aliphatic heterocycles. The van der Waals surface area contributed by atoms with Gasteiger partial charge >= 0.3 is 11.9 Å². The average molecular weight is 442 g/mol. The Hall–Kier alpha value is -2.57. The largest absolute Gasteiger partial charge is 0.478 e. The highest BCUT2D eigenvalue weighted by Crippen LogP contribution is 2.39. The molecule has 0 amide bonds. The monoisotopic (exact) mass is 441 g/mol. The van der Waals surface area contributed by atoms with Gasteiger partial charge in [0.15, 0.2) is 0 Å². The first-order valence-corrected chi connectivity index (χ1v) is 11.5. The van der Waals surface area contributed by atoms with E-state index in [1.54, 1.807) is 0 Å². The van der Waals surface area contributed by atoms with E-state index in [2.05, 4.69) is 73.8 Å². The summed E-state index contributed by atoms with van der Waals surface area (Å²) in [5.74, 6) is -1.38. The van der Waals surface area contributed by atoms with Gasteiger partial charge in [-0.15, -0.1) is 11.8 Å². The number of carboxylic acid groups (broad SMARTS) is 2. The Kier molecular flexibility index (Phi) is 9.82. The Morgan fingerprint density at radius 3 is 2.26 bits per heavy atom. The lowest BCUT2D eigenvalue weighted by atomic mass is 9.91. The number of rotatable bonds is 7. The smallest absolute Gasteiger partial charge is 0.328 e. The second-order valence-corrected chi connectivity index (χ2v) is 8.86. The van der Waals surface area contributed by atoms with Crippen molar-refractivity contribution in [3.05, 3.63) is 77.9 Å². The fraction of sp³-hybridized carbons (Fsp3) is 0.360. The van der Waals surface area contributed by atoms with E-state index in [0.717, 1.165) is 5.75 Å². The molecule has 0 radical (unpaired) electrons. The molecule has 31 heavy (non-hydrogen) atoms. The van der Waals surface area contributed by atoms with E-state index in [4.69, 9.17) is 10.2 Å². The number of benzene rings is 2. The molecule has 2 aromatic carbocycles. The molecule has 0 spiro atoms. The molecule has 166 valence electrons. The number of thioether (sulfide) groups is 1. The zero-order valence-corrected chi connectivity index (χ0v) is 18.9. The number of nitrogens with one attached hydrogen (secondary N) is 1. The molecule has 1 heterocycles. The third-order valence-corrected chi connectivity index (χ3v) is 6.57. The lowest BCUT2D eigenvalue weighted by molar-refractivity contribution is -0.134. The van der Waals surface area contributed by atoms with Crippen LogP contribution in [-0.2, 0) is 9.59 Å². The fourth-order valence-electron chi connectivity index (χ4n) is 3.52. The van der Waals surface area contributed by atoms with Gasteiger partial charge in [0.05, 0.1) is 6.04 Å². The van der Waals surface area contributed by atoms with Gasteiger partial charge in [-0.1, -0.05) is 74.7 Å². The minimum absolute atomic E-state index is 0.180. The Balaban J connectivity index is 0.000000366. The molecule has 2 atom stereocenters. The number of carboxylic acids is 2. The lowest BCUT2D eigenvalue weighted by Crippen LogP contribution is -2.45. The van der Waals surface area contributed by atoms with Gasteiger partial charge in [0, 0.05) is 28.3 Å². The van der Waals surface area contributed by atoms with Gasteiger partial charge in [0.1, 0.15) is 0 Å². The summed E-state index contributed by atoms with van der Waals surface area (Å²) in [6.07, 6.45) is 6.27. The highest BCUT2D eigenvalue weighted by Gasteiger charge is 2.32. The molecule has 0 aliphatic carbocycles. The molecular formula is C25H31NO4S. The number of fused-ring (bicyclic) bond motifs is 1. The normalized spacial score (nSPS) is 20.3. The highest BCUT2D eigenvalue weighted by atomic mass is 32.2. The summed E-state index contributed by atoms with van der Waals surface area (Å²) in [5.41, 5.74) is 2.96. The summed E-state index contributed by atoms with van der Waals surface area (Å²) >= 11 is 2.01. The van der Waals surface area contributed by atoms with Gasteiger partial charge in [-0.05, 0) is 30.5 Å². The molecule has 0 aromatic heterocycles. The first kappa shape index (κ1) is 24.7. The molecule has 6 heteroatoms. The molecular weight excluding hydrogens is 410 g/mol. The van der Waals surface area contributed by atoms with Crippen LogP contribution in [0.25, 0.3) is 0 Å². The van der Waals surface area contributed by atoms with Crippen LogP contribution in [0.3, 0.4) is 0 Å². The van der Waals surface area contributed by atoms with Crippen LogP contribution in [0.1, 0.15) is 56.7 Å². The van der Waals surface area contributed by atoms with Crippen molar-refractivity contribution in [1.29, 1.82) is 0 Å². The summed E-state index contributed by atoms with van der Waals surface area (Å²) < 4.78 is 0. The van der Waals surface area contributed by atoms with Gasteiger partial charge in [-0.25, -0.2) is 9.59 Å². The quantitative estimate of drug-likeness (QED) is 0.387. The van der Waals surface area contributed by atoms with E-state index in [9.17, 15) is 9.59 Å². The Morgan fingerprint density at radius 2 is 1.65 bits per heavy atom. The summed E-state index contributed by atoms with van der Waals surface area (Å²) in [6, 6.07) is 20.0. The van der Waals surface area contributed by atoms with Gasteiger partial charge in [-0.2, -0.15) is 0 Å². The van der Waals surface area contributed by atoms with Crippen molar-refractivity contribution in [1.82, 2.24) is 5.32 Å². The predicted molar refractivity (Wildman–Crippen MR) is 126 cm³/mol. The molecule has 2 aromatic rings. The van der Waals surface area contributed by atoms with Crippen molar-refractivity contribution in [2.75, 3.05) is 5.75 Å². The fourth-order valence-corrected chi connectivity index (χ4v) is 4.74. The summed E-state index contributed by atoms with van der Waals surface area (Å²) in [6.45, 7) is 4.68. The Morgan fingerprint density at radius 1 is 1.03 bits per heavy atom. The van der Waals surface area contributed by atoms with E-state index in [1.165, 1.54) is 41.7 Å². The van der Waals surface area contributed by atoms with Crippen molar-refractivity contribution >= 4 is 23.7 Å². The molecule has 0 saturated heterocycles. The SMILES string of the molecule is CCCCCC1(C)CSc2ccccc2C(c2ccccc2)N1.O=C(O)/C=C\C(=O)O. The van der Waals surface area contributed by atoms with E-state index in [-0.39, 0.29) is 11.6 Å². The lowest BCUT2D eigenvalue weighted by Gasteiger charge is -2.33. The van der Waals surface area contributed by atoms with Crippen molar-refractivity contribution in [3.8, 4) is 0 Å². The van der Waals surface area contributed by atoms with E-state index in [0.29, 0.717) is 12.2 Å². The molecule has 3 rings (SSSR count). The van der Waals surface area contributed by atoms with Crippen molar-refractivity contribution in [3.63, 3.8) is 0 Å². The van der Waals surface area contributed by atoms with Crippen molar-refractivity contribution in [2.24, 2.45) is 0 Å². The summed E-state index contributed by atoms with van der Waals surface area (Å²) in [4.78, 5) is 20.5. The zero-order valence-electron chi connectivity index (χ0n) is 18.1. The average Bonchev–Trinajstić information content (AvgIpc) is 2.91. The second-order valence-electron chi connectivity index (χ2n) is 7.84. The predicted octanol–water partition coefficient (Wildman–Crippen LogP) is 5.52. The van der Waals surface area contributed by atoms with Crippen LogP contribution in [0.4, 0.5) is 0 Å². The minimum Gasteiger partial charge on any atom is -0.478 e. The van der Waals surface area contributed by atoms with Crippen LogP contribution >= 0.6 is 11.8 Å². The Bertz CT molecular complexity index is 868. The standard InChI is InChI=1S/C21H27NS.C4H4O4/c1-3-4-10-15-21(2)16-23-19-14-9-8-13-18(19)20(22-21)17-11-6-5-7-12-17;5-3(6)1-2-4(7)8/h5-9,11-14,20,22H,3-4,10,15-16H2,1-2H3;1-2H,(H,5,6)(H,7,8)/b;2-1-. The van der Waals surface area contributed by atoms with Crippen LogP contribution in [0.5, 0.6) is 0 Å². The molecule has 2 unspecified atom stereocenters. The topological polar surface area (TPSA) is 86.6 Å². The van der Waals surface area contributed by atoms with Crippen LogP contribution in [-0.4, -0.2) is 33.4 Å². The summed E-state index contributed by atoms with van der Waals surface area (Å²) in [5, 5.41) is 19.6. The number of hydrogen-bond acceptors (Lipinski definition) is 4. The first-order valence-electron chi connectivity index (χ1n) is 10.5. The maximum Gasteiger partial charge on any atom is 0.328 e. The van der Waals surface area contributed by atoms with Gasteiger partial charge in [0.25, 0.3) is 0 Å². The molecule has 0 fully saturated rings. The third kappa shape index (κ3) is 8.23. The van der Waals surface area contributed by atoms with Crippen molar-refractivity contribution < 1.29 is 19.8 Å². The summed E-state index contributed by atoms with van der Waals surface area (Å²) in [7, 11) is 0. The molecule has 1 aliphatic rings. The van der Waals surface area contributed by atoms with E-state index < -0.39 is 11.9 Å². The van der Waals surface area contributed by atoms with Crippen molar-refractivity contribution in [2.45, 2.75) is 56.0 Å². The molecule has 3 N–H and O–H groups in total.